The number of piperidine rings is 1. The normalized spacial score (nSPS) is 25.1. The highest BCUT2D eigenvalue weighted by molar-refractivity contribution is 5.20. The number of hydrogen-bond donors (Lipinski definition) is 0. The molecule has 0 radical (unpaired) electrons. The lowest BCUT2D eigenvalue weighted by Gasteiger charge is -2.42. The lowest BCUT2D eigenvalue weighted by atomic mass is 9.92. The maximum absolute atomic E-state index is 12.4. The fourth-order valence-electron chi connectivity index (χ4n) is 2.87. The van der Waals surface area contributed by atoms with Crippen LogP contribution < -0.4 is 0 Å². The predicted molar refractivity (Wildman–Crippen MR) is 71.2 cm³/mol. The summed E-state index contributed by atoms with van der Waals surface area (Å²) in [5, 5.41) is 0. The molecule has 0 N–H and O–H groups in total. The average molecular weight is 287 g/mol. The molecule has 2 nitrogen and oxygen atoms in total. The van der Waals surface area contributed by atoms with Gasteiger partial charge in [-0.2, -0.15) is 0 Å². The van der Waals surface area contributed by atoms with Crippen molar-refractivity contribution in [3.8, 4) is 0 Å². The molecule has 0 amide bonds. The molecule has 0 saturated carbocycles. The van der Waals surface area contributed by atoms with E-state index in [2.05, 4.69) is 23.5 Å². The quantitative estimate of drug-likeness (QED) is 0.828. The van der Waals surface area contributed by atoms with Crippen LogP contribution >= 0.6 is 0 Å². The van der Waals surface area contributed by atoms with E-state index in [9.17, 15) is 13.2 Å². The van der Waals surface area contributed by atoms with E-state index < -0.39 is 12.5 Å². The Balaban J connectivity index is 2.14. The minimum atomic E-state index is -4.55. The molecule has 2 atom stereocenters. The molecule has 1 heterocycles. The second-order valence-corrected chi connectivity index (χ2v) is 5.47. The van der Waals surface area contributed by atoms with Crippen LogP contribution in [0.25, 0.3) is 0 Å². The topological polar surface area (TPSA) is 12.5 Å². The van der Waals surface area contributed by atoms with Crippen LogP contribution in [0, 0.1) is 0 Å². The molecule has 1 aromatic carbocycles. The van der Waals surface area contributed by atoms with Gasteiger partial charge in [0.25, 0.3) is 0 Å². The largest absolute Gasteiger partial charge is 0.522 e. The number of halogens is 3. The van der Waals surface area contributed by atoms with Crippen LogP contribution in [0.5, 0.6) is 0 Å². The zero-order chi connectivity index (χ0) is 14.8. The van der Waals surface area contributed by atoms with Gasteiger partial charge in [0.1, 0.15) is 0 Å². The highest BCUT2D eigenvalue weighted by Crippen LogP contribution is 2.35. The molecule has 5 heteroatoms. The molecular weight excluding hydrogens is 267 g/mol. The van der Waals surface area contributed by atoms with E-state index in [1.54, 1.807) is 0 Å². The van der Waals surface area contributed by atoms with Crippen molar-refractivity contribution < 1.29 is 17.9 Å². The van der Waals surface area contributed by atoms with Crippen LogP contribution in [0.3, 0.4) is 0 Å². The van der Waals surface area contributed by atoms with E-state index in [0.717, 1.165) is 5.56 Å². The van der Waals surface area contributed by atoms with Crippen molar-refractivity contribution in [2.75, 3.05) is 6.54 Å². The number of alkyl halides is 3. The fraction of sp³-hybridized carbons (Fsp3) is 0.600. The predicted octanol–water partition coefficient (Wildman–Crippen LogP) is 4.14. The molecule has 1 saturated heterocycles. The summed E-state index contributed by atoms with van der Waals surface area (Å²) in [6.45, 7) is 4.76. The second-order valence-electron chi connectivity index (χ2n) is 5.47. The molecular formula is C15H20F3NO. The molecule has 2 rings (SSSR count). The molecule has 0 spiro atoms. The lowest BCUT2D eigenvalue weighted by molar-refractivity contribution is -0.347. The molecule has 1 fully saturated rings. The molecule has 1 aromatic rings. The average Bonchev–Trinajstić information content (AvgIpc) is 2.37. The van der Waals surface area contributed by atoms with Gasteiger partial charge >= 0.3 is 6.36 Å². The zero-order valence-corrected chi connectivity index (χ0v) is 11.7. The molecule has 0 aromatic heterocycles. The van der Waals surface area contributed by atoms with Crippen LogP contribution in [-0.2, 0) is 4.74 Å². The van der Waals surface area contributed by atoms with Crippen LogP contribution in [0.1, 0.15) is 38.3 Å². The van der Waals surface area contributed by atoms with Gasteiger partial charge in [0, 0.05) is 18.6 Å². The van der Waals surface area contributed by atoms with Crippen molar-refractivity contribution in [3.05, 3.63) is 35.9 Å². The van der Waals surface area contributed by atoms with Crippen molar-refractivity contribution in [1.29, 1.82) is 0 Å². The van der Waals surface area contributed by atoms with Crippen LogP contribution in [-0.4, -0.2) is 30.0 Å². The summed E-state index contributed by atoms with van der Waals surface area (Å²) < 4.78 is 41.4. The standard InChI is InChI=1S/C15H20F3NO/c1-11(2)19-9-8-13(20-15(16,17)18)10-14(19)12-6-4-3-5-7-12/h3-7,11,13-14H,8-10H2,1-2H3/t13-,14+/m0/s1. The Morgan fingerprint density at radius 1 is 1.20 bits per heavy atom. The number of rotatable bonds is 3. The Labute approximate surface area is 117 Å². The van der Waals surface area contributed by atoms with Gasteiger partial charge in [0.2, 0.25) is 0 Å². The summed E-state index contributed by atoms with van der Waals surface area (Å²) in [7, 11) is 0. The van der Waals surface area contributed by atoms with Gasteiger partial charge in [-0.1, -0.05) is 30.3 Å². The number of benzene rings is 1. The maximum atomic E-state index is 12.4. The van der Waals surface area contributed by atoms with Crippen LogP contribution in [0.15, 0.2) is 30.3 Å². The summed E-state index contributed by atoms with van der Waals surface area (Å²) in [6, 6.07) is 9.97. The lowest BCUT2D eigenvalue weighted by Crippen LogP contribution is -2.44. The molecule has 0 bridgehead atoms. The van der Waals surface area contributed by atoms with E-state index in [4.69, 9.17) is 0 Å². The van der Waals surface area contributed by atoms with Crippen LogP contribution in [0.4, 0.5) is 13.2 Å². The van der Waals surface area contributed by atoms with Crippen molar-refractivity contribution in [3.63, 3.8) is 0 Å². The highest BCUT2D eigenvalue weighted by atomic mass is 19.4. The van der Waals surface area contributed by atoms with Crippen molar-refractivity contribution in [2.24, 2.45) is 0 Å². The van der Waals surface area contributed by atoms with Crippen molar-refractivity contribution >= 4 is 0 Å². The Bertz CT molecular complexity index is 419. The molecule has 1 aliphatic rings. The smallest absolute Gasteiger partial charge is 0.294 e. The Morgan fingerprint density at radius 2 is 1.85 bits per heavy atom. The monoisotopic (exact) mass is 287 g/mol. The number of likely N-dealkylation sites (tertiary alicyclic amines) is 1. The van der Waals surface area contributed by atoms with Gasteiger partial charge in [0.15, 0.2) is 0 Å². The number of nitrogens with zero attached hydrogens (tertiary/aromatic N) is 1. The van der Waals surface area contributed by atoms with Gasteiger partial charge in [-0.05, 0) is 32.3 Å². The second kappa shape index (κ2) is 6.14. The third-order valence-corrected chi connectivity index (χ3v) is 3.74. The summed E-state index contributed by atoms with van der Waals surface area (Å²) in [4.78, 5) is 2.24. The summed E-state index contributed by atoms with van der Waals surface area (Å²) >= 11 is 0. The first kappa shape index (κ1) is 15.3. The van der Waals surface area contributed by atoms with Crippen molar-refractivity contribution in [1.82, 2.24) is 4.90 Å². The minimum Gasteiger partial charge on any atom is -0.294 e. The van der Waals surface area contributed by atoms with E-state index in [-0.39, 0.29) is 6.04 Å². The zero-order valence-electron chi connectivity index (χ0n) is 11.7. The van der Waals surface area contributed by atoms with E-state index in [1.807, 2.05) is 30.3 Å². The maximum Gasteiger partial charge on any atom is 0.522 e. The molecule has 0 unspecified atom stereocenters. The molecule has 0 aliphatic carbocycles. The summed E-state index contributed by atoms with van der Waals surface area (Å²) in [6.07, 6.45) is -4.51. The van der Waals surface area contributed by atoms with E-state index >= 15 is 0 Å². The van der Waals surface area contributed by atoms with Gasteiger partial charge in [-0.25, -0.2) is 0 Å². The molecule has 1 aliphatic heterocycles. The number of ether oxygens (including phenoxy) is 1. The third-order valence-electron chi connectivity index (χ3n) is 3.74. The highest BCUT2D eigenvalue weighted by Gasteiger charge is 2.38. The van der Waals surface area contributed by atoms with Gasteiger partial charge in [-0.3, -0.25) is 9.64 Å². The Morgan fingerprint density at radius 3 is 2.40 bits per heavy atom. The van der Waals surface area contributed by atoms with E-state index in [0.29, 0.717) is 25.4 Å². The van der Waals surface area contributed by atoms with Crippen molar-refractivity contribution in [2.45, 2.75) is 51.2 Å². The third kappa shape index (κ3) is 3.96. The summed E-state index contributed by atoms with van der Waals surface area (Å²) in [5.41, 5.74) is 1.05. The van der Waals surface area contributed by atoms with Gasteiger partial charge in [-0.15, -0.1) is 13.2 Å². The van der Waals surface area contributed by atoms with E-state index in [1.165, 1.54) is 0 Å². The molecule has 112 valence electrons. The Kier molecular flexibility index (Phi) is 4.70. The first-order chi connectivity index (χ1) is 9.37. The fourth-order valence-corrected chi connectivity index (χ4v) is 2.87. The first-order valence-corrected chi connectivity index (χ1v) is 6.92. The first-order valence-electron chi connectivity index (χ1n) is 6.92. The number of hydrogen-bond acceptors (Lipinski definition) is 2. The molecule has 20 heavy (non-hydrogen) atoms. The summed E-state index contributed by atoms with van der Waals surface area (Å²) in [5.74, 6) is 0. The minimum absolute atomic E-state index is 0.0164. The van der Waals surface area contributed by atoms with Gasteiger partial charge < -0.3 is 0 Å². The van der Waals surface area contributed by atoms with Gasteiger partial charge in [0.05, 0.1) is 6.10 Å². The SMILES string of the molecule is CC(C)N1CC[C@H](OC(F)(F)F)C[C@@H]1c1ccccc1. The van der Waals surface area contributed by atoms with Crippen LogP contribution in [0.2, 0.25) is 0 Å². The Hall–Kier alpha value is -1.07.